The molecule has 0 N–H and O–H groups in total. The molecule has 0 nitrogen and oxygen atoms in total. The topological polar surface area (TPSA) is 0 Å². The van der Waals surface area contributed by atoms with Crippen LogP contribution in [0, 0.1) is 5.92 Å². The van der Waals surface area contributed by atoms with Gasteiger partial charge in [0.15, 0.2) is 0 Å². The lowest BCUT2D eigenvalue weighted by Gasteiger charge is -2.32. The summed E-state index contributed by atoms with van der Waals surface area (Å²) in [5.74, 6) is 2.31. The minimum absolute atomic E-state index is 1.01. The van der Waals surface area contributed by atoms with Crippen molar-refractivity contribution in [3.8, 4) is 0 Å². The molecular weight excluding hydrogens is 116 g/mol. The van der Waals surface area contributed by atoms with Crippen molar-refractivity contribution >= 4 is 11.8 Å². The fourth-order valence-corrected chi connectivity index (χ4v) is 2.29. The first-order valence-electron chi connectivity index (χ1n) is 3.46. The van der Waals surface area contributed by atoms with Crippen LogP contribution in [0.5, 0.6) is 0 Å². The van der Waals surface area contributed by atoms with Crippen LogP contribution in [0.1, 0.15) is 26.7 Å². The lowest BCUT2D eigenvalue weighted by molar-refractivity contribution is 0.363. The van der Waals surface area contributed by atoms with Crippen LogP contribution in [-0.4, -0.2) is 11.0 Å². The first kappa shape index (κ1) is 6.47. The Kier molecular flexibility index (Phi) is 2.24. The average molecular weight is 130 g/mol. The number of rotatable bonds is 2. The molecule has 0 radical (unpaired) electrons. The first-order chi connectivity index (χ1) is 3.84. The van der Waals surface area contributed by atoms with E-state index in [1.807, 2.05) is 0 Å². The van der Waals surface area contributed by atoms with Gasteiger partial charge in [0.1, 0.15) is 0 Å². The summed E-state index contributed by atoms with van der Waals surface area (Å²) in [6.45, 7) is 4.60. The molecule has 48 valence electrons. The second kappa shape index (κ2) is 2.77. The molecule has 0 bridgehead atoms. The largest absolute Gasteiger partial charge is 0.159 e. The average Bonchev–Trinajstić information content (AvgIpc) is 1.79. The van der Waals surface area contributed by atoms with Gasteiger partial charge in [-0.25, -0.2) is 0 Å². The molecule has 0 spiro atoms. The van der Waals surface area contributed by atoms with E-state index in [4.69, 9.17) is 0 Å². The Bertz CT molecular complexity index is 70.8. The Hall–Kier alpha value is 0.350. The molecule has 1 heteroatoms. The Morgan fingerprint density at radius 1 is 1.50 bits per heavy atom. The van der Waals surface area contributed by atoms with Crippen molar-refractivity contribution in [1.82, 2.24) is 0 Å². The molecule has 0 saturated heterocycles. The van der Waals surface area contributed by atoms with E-state index in [0.717, 1.165) is 11.2 Å². The molecule has 1 aliphatic carbocycles. The van der Waals surface area contributed by atoms with E-state index in [2.05, 4.69) is 25.6 Å². The lowest BCUT2D eigenvalue weighted by Crippen LogP contribution is -2.25. The van der Waals surface area contributed by atoms with Crippen molar-refractivity contribution in [3.05, 3.63) is 0 Å². The number of hydrogen-bond acceptors (Lipinski definition) is 1. The highest BCUT2D eigenvalue weighted by atomic mass is 32.2. The summed E-state index contributed by atoms with van der Waals surface area (Å²) in [5, 5.41) is 1.01. The SMILES string of the molecule is CCSC1CCC1C. The van der Waals surface area contributed by atoms with Crippen molar-refractivity contribution in [1.29, 1.82) is 0 Å². The molecule has 0 aliphatic heterocycles. The van der Waals surface area contributed by atoms with Gasteiger partial charge in [-0.3, -0.25) is 0 Å². The van der Waals surface area contributed by atoms with Crippen LogP contribution in [0.3, 0.4) is 0 Å². The predicted octanol–water partition coefficient (Wildman–Crippen LogP) is 2.54. The van der Waals surface area contributed by atoms with E-state index in [-0.39, 0.29) is 0 Å². The summed E-state index contributed by atoms with van der Waals surface area (Å²) in [7, 11) is 0. The molecule has 2 unspecified atom stereocenters. The standard InChI is InChI=1S/C7H14S/c1-3-8-7-5-4-6(7)2/h6-7H,3-5H2,1-2H3. The zero-order valence-corrected chi connectivity index (χ0v) is 6.50. The van der Waals surface area contributed by atoms with Crippen LogP contribution in [0.15, 0.2) is 0 Å². The third kappa shape index (κ3) is 1.19. The van der Waals surface area contributed by atoms with E-state index in [0.29, 0.717) is 0 Å². The second-order valence-corrected chi connectivity index (χ2v) is 4.06. The van der Waals surface area contributed by atoms with Gasteiger partial charge in [0, 0.05) is 5.25 Å². The molecule has 8 heavy (non-hydrogen) atoms. The number of hydrogen-bond donors (Lipinski definition) is 0. The highest BCUT2D eigenvalue weighted by Crippen LogP contribution is 2.36. The van der Waals surface area contributed by atoms with Crippen molar-refractivity contribution in [3.63, 3.8) is 0 Å². The van der Waals surface area contributed by atoms with E-state index in [9.17, 15) is 0 Å². The van der Waals surface area contributed by atoms with Gasteiger partial charge in [0.05, 0.1) is 0 Å². The fraction of sp³-hybridized carbons (Fsp3) is 1.00. The molecule has 0 amide bonds. The molecular formula is C7H14S. The van der Waals surface area contributed by atoms with E-state index >= 15 is 0 Å². The highest BCUT2D eigenvalue weighted by molar-refractivity contribution is 7.99. The van der Waals surface area contributed by atoms with Gasteiger partial charge in [0.25, 0.3) is 0 Å². The van der Waals surface area contributed by atoms with Crippen LogP contribution in [-0.2, 0) is 0 Å². The van der Waals surface area contributed by atoms with Gasteiger partial charge >= 0.3 is 0 Å². The van der Waals surface area contributed by atoms with Crippen LogP contribution in [0.2, 0.25) is 0 Å². The molecule has 1 aliphatic rings. The van der Waals surface area contributed by atoms with Crippen LogP contribution >= 0.6 is 11.8 Å². The second-order valence-electron chi connectivity index (χ2n) is 2.55. The summed E-state index contributed by atoms with van der Waals surface area (Å²) in [6, 6.07) is 0. The summed E-state index contributed by atoms with van der Waals surface area (Å²) in [6.07, 6.45) is 2.94. The van der Waals surface area contributed by atoms with Crippen molar-refractivity contribution in [2.75, 3.05) is 5.75 Å². The van der Waals surface area contributed by atoms with Gasteiger partial charge in [-0.15, -0.1) is 0 Å². The van der Waals surface area contributed by atoms with Crippen LogP contribution in [0.25, 0.3) is 0 Å². The zero-order valence-electron chi connectivity index (χ0n) is 5.68. The van der Waals surface area contributed by atoms with Gasteiger partial charge in [-0.05, 0) is 24.5 Å². The summed E-state index contributed by atoms with van der Waals surface area (Å²) >= 11 is 2.13. The molecule has 2 atom stereocenters. The molecule has 1 saturated carbocycles. The lowest BCUT2D eigenvalue weighted by atomic mass is 9.87. The Labute approximate surface area is 56.0 Å². The Morgan fingerprint density at radius 3 is 2.38 bits per heavy atom. The third-order valence-corrected chi connectivity index (χ3v) is 3.38. The summed E-state index contributed by atoms with van der Waals surface area (Å²) in [4.78, 5) is 0. The van der Waals surface area contributed by atoms with Gasteiger partial charge in [-0.1, -0.05) is 13.8 Å². The normalized spacial score (nSPS) is 36.8. The zero-order chi connectivity index (χ0) is 5.98. The Morgan fingerprint density at radius 2 is 2.25 bits per heavy atom. The minimum Gasteiger partial charge on any atom is -0.159 e. The van der Waals surface area contributed by atoms with Gasteiger partial charge in [0.2, 0.25) is 0 Å². The molecule has 0 heterocycles. The molecule has 0 aromatic rings. The predicted molar refractivity (Wildman–Crippen MR) is 40.3 cm³/mol. The van der Waals surface area contributed by atoms with E-state index < -0.39 is 0 Å². The van der Waals surface area contributed by atoms with E-state index in [1.165, 1.54) is 18.6 Å². The van der Waals surface area contributed by atoms with Crippen molar-refractivity contribution in [2.24, 2.45) is 5.92 Å². The van der Waals surface area contributed by atoms with Crippen LogP contribution in [0.4, 0.5) is 0 Å². The molecule has 1 rings (SSSR count). The monoisotopic (exact) mass is 130 g/mol. The van der Waals surface area contributed by atoms with Crippen LogP contribution < -0.4 is 0 Å². The minimum atomic E-state index is 1.01. The fourth-order valence-electron chi connectivity index (χ4n) is 1.10. The van der Waals surface area contributed by atoms with Gasteiger partial charge < -0.3 is 0 Å². The summed E-state index contributed by atoms with van der Waals surface area (Å²) in [5.41, 5.74) is 0. The summed E-state index contributed by atoms with van der Waals surface area (Å²) < 4.78 is 0. The highest BCUT2D eigenvalue weighted by Gasteiger charge is 2.25. The van der Waals surface area contributed by atoms with E-state index in [1.54, 1.807) is 0 Å². The molecule has 1 fully saturated rings. The molecule has 0 aromatic heterocycles. The Balaban J connectivity index is 2.08. The van der Waals surface area contributed by atoms with Crippen molar-refractivity contribution in [2.45, 2.75) is 31.9 Å². The number of thioether (sulfide) groups is 1. The maximum absolute atomic E-state index is 2.36. The van der Waals surface area contributed by atoms with Crippen molar-refractivity contribution < 1.29 is 0 Å². The first-order valence-corrected chi connectivity index (χ1v) is 4.51. The smallest absolute Gasteiger partial charge is 0.00727 e. The quantitative estimate of drug-likeness (QED) is 0.553. The van der Waals surface area contributed by atoms with Gasteiger partial charge in [-0.2, -0.15) is 11.8 Å². The maximum Gasteiger partial charge on any atom is 0.00727 e. The maximum atomic E-state index is 2.36. The third-order valence-electron chi connectivity index (χ3n) is 1.92. The molecule has 0 aromatic carbocycles.